The van der Waals surface area contributed by atoms with Gasteiger partial charge in [-0.05, 0) is 71.0 Å². The van der Waals surface area contributed by atoms with Gasteiger partial charge in [-0.15, -0.1) is 0 Å². The van der Waals surface area contributed by atoms with Crippen LogP contribution in [0, 0.1) is 0 Å². The van der Waals surface area contributed by atoms with Crippen molar-refractivity contribution in [1.82, 2.24) is 0 Å². The first kappa shape index (κ1) is 17.2. The maximum absolute atomic E-state index is 8.92. The van der Waals surface area contributed by atoms with Gasteiger partial charge < -0.3 is 9.84 Å². The number of hydrogen-bond donors (Lipinski definition) is 1. The second kappa shape index (κ2) is 7.54. The monoisotopic (exact) mass is 332 g/mol. The highest BCUT2D eigenvalue weighted by molar-refractivity contribution is 6.07. The van der Waals surface area contributed by atoms with Crippen LogP contribution in [0.4, 0.5) is 0 Å². The van der Waals surface area contributed by atoms with E-state index in [4.69, 9.17) is 9.84 Å². The van der Waals surface area contributed by atoms with E-state index in [1.54, 1.807) is 0 Å². The first-order valence-electron chi connectivity index (χ1n) is 8.67. The fraction of sp³-hybridized carbons (Fsp3) is 0.217. The van der Waals surface area contributed by atoms with Gasteiger partial charge >= 0.3 is 0 Å². The standard InChI is InChI=1S/C23H24O2/c1-16(2)17(3)25-21-10-12-23-20(15-21)9-8-19-14-18(6-4-5-13-24)7-11-22(19)23/h7-12,14-15,24H,1,3-6,13H2,2H3. The van der Waals surface area contributed by atoms with Crippen molar-refractivity contribution in [3.05, 3.63) is 78.6 Å². The van der Waals surface area contributed by atoms with Gasteiger partial charge in [-0.3, -0.25) is 0 Å². The van der Waals surface area contributed by atoms with E-state index in [0.717, 1.165) is 36.0 Å². The van der Waals surface area contributed by atoms with Crippen molar-refractivity contribution in [3.63, 3.8) is 0 Å². The lowest BCUT2D eigenvalue weighted by Gasteiger charge is -2.11. The summed E-state index contributed by atoms with van der Waals surface area (Å²) in [7, 11) is 0. The summed E-state index contributed by atoms with van der Waals surface area (Å²) in [6.45, 7) is 9.88. The molecule has 3 rings (SSSR count). The fourth-order valence-electron chi connectivity index (χ4n) is 2.99. The number of benzene rings is 3. The molecule has 0 bridgehead atoms. The number of allylic oxidation sites excluding steroid dienone is 1. The lowest BCUT2D eigenvalue weighted by atomic mass is 9.98. The van der Waals surface area contributed by atoms with Crippen LogP contribution in [0.5, 0.6) is 5.75 Å². The summed E-state index contributed by atoms with van der Waals surface area (Å²) >= 11 is 0. The summed E-state index contributed by atoms with van der Waals surface area (Å²) in [5.74, 6) is 1.37. The predicted molar refractivity (Wildman–Crippen MR) is 106 cm³/mol. The molecule has 2 nitrogen and oxygen atoms in total. The molecule has 1 N–H and O–H groups in total. The van der Waals surface area contributed by atoms with E-state index in [-0.39, 0.29) is 6.61 Å². The quantitative estimate of drug-likeness (QED) is 0.257. The van der Waals surface area contributed by atoms with E-state index < -0.39 is 0 Å². The van der Waals surface area contributed by atoms with Gasteiger partial charge in [0, 0.05) is 6.61 Å². The molecular formula is C23H24O2. The molecule has 0 amide bonds. The average Bonchev–Trinajstić information content (AvgIpc) is 2.61. The van der Waals surface area contributed by atoms with Crippen LogP contribution >= 0.6 is 0 Å². The normalized spacial score (nSPS) is 11.0. The molecule has 0 atom stereocenters. The zero-order valence-electron chi connectivity index (χ0n) is 14.7. The Morgan fingerprint density at radius 2 is 1.60 bits per heavy atom. The first-order chi connectivity index (χ1) is 12.1. The summed E-state index contributed by atoms with van der Waals surface area (Å²) in [5, 5.41) is 13.8. The molecule has 3 aromatic carbocycles. The molecule has 0 saturated carbocycles. The predicted octanol–water partition coefficient (Wildman–Crippen LogP) is 5.78. The Kier molecular flexibility index (Phi) is 5.20. The third-order valence-corrected chi connectivity index (χ3v) is 4.46. The van der Waals surface area contributed by atoms with Gasteiger partial charge in [-0.2, -0.15) is 0 Å². The molecule has 128 valence electrons. The number of aliphatic hydroxyl groups excluding tert-OH is 1. The molecule has 0 aliphatic rings. The molecule has 0 saturated heterocycles. The number of rotatable bonds is 7. The minimum absolute atomic E-state index is 0.264. The number of ether oxygens (including phenoxy) is 1. The zero-order valence-corrected chi connectivity index (χ0v) is 14.7. The Bertz CT molecular complexity index is 937. The molecule has 25 heavy (non-hydrogen) atoms. The van der Waals surface area contributed by atoms with E-state index in [2.05, 4.69) is 49.6 Å². The van der Waals surface area contributed by atoms with Crippen LogP contribution < -0.4 is 4.74 Å². The Balaban J connectivity index is 1.92. The van der Waals surface area contributed by atoms with Crippen LogP contribution in [0.2, 0.25) is 0 Å². The minimum atomic E-state index is 0.264. The molecular weight excluding hydrogens is 308 g/mol. The minimum Gasteiger partial charge on any atom is -0.458 e. The van der Waals surface area contributed by atoms with Gasteiger partial charge in [0.15, 0.2) is 0 Å². The Hall–Kier alpha value is -2.58. The van der Waals surface area contributed by atoms with Crippen LogP contribution in [0.3, 0.4) is 0 Å². The maximum Gasteiger partial charge on any atom is 0.128 e. The fourth-order valence-corrected chi connectivity index (χ4v) is 2.99. The highest BCUT2D eigenvalue weighted by Gasteiger charge is 2.05. The molecule has 0 fully saturated rings. The second-order valence-corrected chi connectivity index (χ2v) is 6.49. The third kappa shape index (κ3) is 3.92. The molecule has 0 aromatic heterocycles. The summed E-state index contributed by atoms with van der Waals surface area (Å²) in [5.41, 5.74) is 2.14. The summed E-state index contributed by atoms with van der Waals surface area (Å²) < 4.78 is 5.76. The van der Waals surface area contributed by atoms with Crippen LogP contribution in [-0.2, 0) is 6.42 Å². The highest BCUT2D eigenvalue weighted by Crippen LogP contribution is 2.30. The summed E-state index contributed by atoms with van der Waals surface area (Å²) in [6.07, 6.45) is 2.88. The number of unbranched alkanes of at least 4 members (excludes halogenated alkanes) is 1. The van der Waals surface area contributed by atoms with Gasteiger partial charge in [0.25, 0.3) is 0 Å². The van der Waals surface area contributed by atoms with Gasteiger partial charge in [0.2, 0.25) is 0 Å². The van der Waals surface area contributed by atoms with Crippen molar-refractivity contribution < 1.29 is 9.84 Å². The summed E-state index contributed by atoms with van der Waals surface area (Å²) in [4.78, 5) is 0. The molecule has 0 spiro atoms. The lowest BCUT2D eigenvalue weighted by molar-refractivity contribution is 0.284. The van der Waals surface area contributed by atoms with Crippen molar-refractivity contribution in [3.8, 4) is 5.75 Å². The average molecular weight is 332 g/mol. The number of aryl methyl sites for hydroxylation is 1. The number of hydrogen-bond acceptors (Lipinski definition) is 2. The molecule has 0 heterocycles. The van der Waals surface area contributed by atoms with E-state index in [9.17, 15) is 0 Å². The number of fused-ring (bicyclic) bond motifs is 3. The topological polar surface area (TPSA) is 29.5 Å². The van der Waals surface area contributed by atoms with Crippen LogP contribution in [0.15, 0.2) is 73.0 Å². The van der Waals surface area contributed by atoms with Crippen molar-refractivity contribution in [2.45, 2.75) is 26.2 Å². The molecule has 0 aliphatic carbocycles. The van der Waals surface area contributed by atoms with E-state index in [1.165, 1.54) is 21.7 Å². The third-order valence-electron chi connectivity index (χ3n) is 4.46. The smallest absolute Gasteiger partial charge is 0.128 e. The van der Waals surface area contributed by atoms with Crippen LogP contribution in [-0.4, -0.2) is 11.7 Å². The summed E-state index contributed by atoms with van der Waals surface area (Å²) in [6, 6.07) is 17.0. The van der Waals surface area contributed by atoms with Gasteiger partial charge in [-0.25, -0.2) is 0 Å². The molecule has 3 aromatic rings. The zero-order chi connectivity index (χ0) is 17.8. The SMILES string of the molecule is C=C(C)C(=C)Oc1ccc2c(ccc3cc(CCCCO)ccc32)c1. The van der Waals surface area contributed by atoms with E-state index >= 15 is 0 Å². The molecule has 0 aliphatic heterocycles. The molecule has 0 unspecified atom stereocenters. The largest absolute Gasteiger partial charge is 0.458 e. The number of aliphatic hydroxyl groups is 1. The second-order valence-electron chi connectivity index (χ2n) is 6.49. The van der Waals surface area contributed by atoms with Gasteiger partial charge in [-0.1, -0.05) is 49.6 Å². The van der Waals surface area contributed by atoms with Crippen molar-refractivity contribution >= 4 is 21.5 Å². The lowest BCUT2D eigenvalue weighted by Crippen LogP contribution is -1.94. The van der Waals surface area contributed by atoms with Crippen molar-refractivity contribution in [2.75, 3.05) is 6.61 Å². The Labute approximate surface area is 149 Å². The first-order valence-corrected chi connectivity index (χ1v) is 8.67. The van der Waals surface area contributed by atoms with Gasteiger partial charge in [0.1, 0.15) is 11.5 Å². The molecule has 0 radical (unpaired) electrons. The van der Waals surface area contributed by atoms with Gasteiger partial charge in [0.05, 0.1) is 0 Å². The van der Waals surface area contributed by atoms with Crippen molar-refractivity contribution in [1.29, 1.82) is 0 Å². The highest BCUT2D eigenvalue weighted by atomic mass is 16.5. The van der Waals surface area contributed by atoms with Crippen molar-refractivity contribution in [2.24, 2.45) is 0 Å². The molecule has 2 heteroatoms. The van der Waals surface area contributed by atoms with Crippen LogP contribution in [0.1, 0.15) is 25.3 Å². The van der Waals surface area contributed by atoms with Crippen LogP contribution in [0.25, 0.3) is 21.5 Å². The Morgan fingerprint density at radius 3 is 2.28 bits per heavy atom. The van der Waals surface area contributed by atoms with E-state index in [0.29, 0.717) is 5.76 Å². The Morgan fingerprint density at radius 1 is 0.920 bits per heavy atom. The maximum atomic E-state index is 8.92. The van der Waals surface area contributed by atoms with E-state index in [1.807, 2.05) is 19.1 Å².